The van der Waals surface area contributed by atoms with E-state index < -0.39 is 71.6 Å². The first kappa shape index (κ1) is 41.0. The zero-order chi connectivity index (χ0) is 34.7. The molecule has 0 aromatic carbocycles. The van der Waals surface area contributed by atoms with Crippen LogP contribution in [0.15, 0.2) is 0 Å². The summed E-state index contributed by atoms with van der Waals surface area (Å²) in [6, 6.07) is -5.51. The predicted octanol–water partition coefficient (Wildman–Crippen LogP) is -2.43. The molecular weight excluding hydrogens is 588 g/mol. The molecule has 0 aliphatic rings. The lowest BCUT2D eigenvalue weighted by molar-refractivity contribution is -0.142. The van der Waals surface area contributed by atoms with Gasteiger partial charge in [-0.05, 0) is 57.4 Å². The number of rotatable bonds is 22. The van der Waals surface area contributed by atoms with Gasteiger partial charge in [-0.25, -0.2) is 4.79 Å². The van der Waals surface area contributed by atoms with Gasteiger partial charge in [-0.15, -0.1) is 0 Å². The molecule has 6 atom stereocenters. The minimum atomic E-state index is -1.22. The van der Waals surface area contributed by atoms with Crippen molar-refractivity contribution in [3.05, 3.63) is 0 Å². The van der Waals surface area contributed by atoms with Crippen LogP contribution in [0.1, 0.15) is 73.1 Å². The van der Waals surface area contributed by atoms with Crippen LogP contribution in [0.4, 0.5) is 0 Å². The third-order valence-corrected chi connectivity index (χ3v) is 7.18. The summed E-state index contributed by atoms with van der Waals surface area (Å²) in [5.74, 6) is -5.41. The molecule has 5 amide bonds. The normalized spacial score (nSPS) is 14.9. The van der Waals surface area contributed by atoms with E-state index in [1.54, 1.807) is 20.8 Å². The molecule has 258 valence electrons. The molecule has 0 unspecified atom stereocenters. The summed E-state index contributed by atoms with van der Waals surface area (Å²) in [6.45, 7) is 8.69. The van der Waals surface area contributed by atoms with Crippen LogP contribution in [0.3, 0.4) is 0 Å². The van der Waals surface area contributed by atoms with E-state index in [4.69, 9.17) is 22.6 Å². The molecule has 0 fully saturated rings. The maximum absolute atomic E-state index is 13.4. The number of carboxylic acids is 1. The highest BCUT2D eigenvalue weighted by atomic mass is 16.4. The lowest BCUT2D eigenvalue weighted by Crippen LogP contribution is -2.60. The number of aliphatic carboxylic acids is 1. The summed E-state index contributed by atoms with van der Waals surface area (Å²) in [5.41, 5.74) is 16.2. The lowest BCUT2D eigenvalue weighted by Gasteiger charge is -2.29. The molecule has 0 heterocycles. The van der Waals surface area contributed by atoms with E-state index in [9.17, 15) is 33.9 Å². The fraction of sp³-hybridized carbons (Fsp3) is 0.750. The number of nitrogens with two attached hydrogens (primary N) is 3. The van der Waals surface area contributed by atoms with Crippen LogP contribution in [0.5, 0.6) is 0 Å². The zero-order valence-corrected chi connectivity index (χ0v) is 27.0. The van der Waals surface area contributed by atoms with Gasteiger partial charge in [-0.3, -0.25) is 29.4 Å². The first-order valence-corrected chi connectivity index (χ1v) is 15.3. The van der Waals surface area contributed by atoms with Crippen molar-refractivity contribution in [3.8, 4) is 0 Å². The number of guanidine groups is 1. The van der Waals surface area contributed by atoms with Gasteiger partial charge in [0.1, 0.15) is 30.2 Å². The van der Waals surface area contributed by atoms with Crippen LogP contribution in [0.2, 0.25) is 0 Å². The van der Waals surface area contributed by atoms with Crippen LogP contribution >= 0.6 is 0 Å². The maximum Gasteiger partial charge on any atom is 0.326 e. The summed E-state index contributed by atoms with van der Waals surface area (Å²) >= 11 is 0. The van der Waals surface area contributed by atoms with Crippen molar-refractivity contribution < 1.29 is 33.9 Å². The van der Waals surface area contributed by atoms with Gasteiger partial charge in [0, 0.05) is 6.54 Å². The standard InChI is InChI=1S/C28H54N10O7/c1-6-16(4)22(37-20(39)14-30)26(43)38-21(15(2)3)25(42)35-18(11-9-13-33-28(31)32)24(41)34-17(5)23(40)36-19(27(44)45)10-7-8-12-29/h15-19,21-22H,6-14,29-30H2,1-5H3,(H,34,41)(H,35,42)(H,36,40)(H,37,39)(H,38,43)(H,44,45)(H4,31,32,33)/t16-,17-,18-,19-,21-,22-/m0/s1. The summed E-state index contributed by atoms with van der Waals surface area (Å²) in [4.78, 5) is 76.2. The molecule has 17 heteroatoms. The van der Waals surface area contributed by atoms with Crippen molar-refractivity contribution in [1.29, 1.82) is 5.41 Å². The van der Waals surface area contributed by atoms with Gasteiger partial charge >= 0.3 is 5.97 Å². The second-order valence-electron chi connectivity index (χ2n) is 11.3. The minimum absolute atomic E-state index is 0.0733. The van der Waals surface area contributed by atoms with Crippen LogP contribution in [-0.2, 0) is 28.8 Å². The number of unbranched alkanes of at least 4 members (excludes halogenated alkanes) is 1. The molecule has 0 rings (SSSR count). The van der Waals surface area contributed by atoms with Crippen LogP contribution in [0.25, 0.3) is 0 Å². The second kappa shape index (κ2) is 21.7. The van der Waals surface area contributed by atoms with E-state index >= 15 is 0 Å². The van der Waals surface area contributed by atoms with Crippen molar-refractivity contribution in [2.75, 3.05) is 19.6 Å². The molecule has 0 aliphatic heterocycles. The van der Waals surface area contributed by atoms with Gasteiger partial charge in [-0.1, -0.05) is 34.1 Å². The molecule has 0 aliphatic carbocycles. The molecule has 0 saturated carbocycles. The molecule has 0 aromatic rings. The van der Waals surface area contributed by atoms with Gasteiger partial charge in [-0.2, -0.15) is 0 Å². The molecule has 14 N–H and O–H groups in total. The molecular formula is C28H54N10O7. The number of carbonyl (C=O) groups is 6. The lowest BCUT2D eigenvalue weighted by atomic mass is 9.96. The van der Waals surface area contributed by atoms with Gasteiger partial charge in [0.25, 0.3) is 0 Å². The van der Waals surface area contributed by atoms with Gasteiger partial charge in [0.05, 0.1) is 6.54 Å². The highest BCUT2D eigenvalue weighted by Gasteiger charge is 2.33. The molecule has 0 aromatic heterocycles. The summed E-state index contributed by atoms with van der Waals surface area (Å²) < 4.78 is 0. The number of carbonyl (C=O) groups excluding carboxylic acids is 5. The highest BCUT2D eigenvalue weighted by Crippen LogP contribution is 2.11. The summed E-state index contributed by atoms with van der Waals surface area (Å²) in [6.07, 6.45) is 2.16. The van der Waals surface area contributed by atoms with E-state index in [1.165, 1.54) is 6.92 Å². The largest absolute Gasteiger partial charge is 0.480 e. The van der Waals surface area contributed by atoms with E-state index in [-0.39, 0.29) is 37.8 Å². The second-order valence-corrected chi connectivity index (χ2v) is 11.3. The molecule has 0 bridgehead atoms. The Balaban J connectivity index is 5.79. The van der Waals surface area contributed by atoms with Crippen LogP contribution < -0.4 is 49.1 Å². The Hall–Kier alpha value is -3.99. The van der Waals surface area contributed by atoms with Crippen LogP contribution in [-0.4, -0.2) is 96.4 Å². The van der Waals surface area contributed by atoms with E-state index in [0.29, 0.717) is 32.2 Å². The quantitative estimate of drug-likeness (QED) is 0.0335. The Bertz CT molecular complexity index is 1010. The molecule has 0 radical (unpaired) electrons. The average molecular weight is 643 g/mol. The first-order chi connectivity index (χ1) is 21.1. The molecule has 45 heavy (non-hydrogen) atoms. The highest BCUT2D eigenvalue weighted by molar-refractivity contribution is 5.96. The minimum Gasteiger partial charge on any atom is -0.480 e. The number of hydrogen-bond donors (Lipinski definition) is 11. The Morgan fingerprint density at radius 1 is 0.733 bits per heavy atom. The van der Waals surface area contributed by atoms with Gasteiger partial charge in [0.2, 0.25) is 29.5 Å². The van der Waals surface area contributed by atoms with Crippen molar-refractivity contribution in [1.82, 2.24) is 31.9 Å². The maximum atomic E-state index is 13.4. The van der Waals surface area contributed by atoms with Crippen molar-refractivity contribution >= 4 is 41.5 Å². The SMILES string of the molecule is CC[C@H](C)[C@H](NC(=O)CN)C(=O)N[C@H](C(=O)N[C@@H](CCCNC(=N)N)C(=O)N[C@@H](C)C(=O)N[C@@H](CCCCN)C(=O)O)C(C)C. The Morgan fingerprint density at radius 2 is 1.31 bits per heavy atom. The fourth-order valence-electron chi connectivity index (χ4n) is 4.20. The Kier molecular flexibility index (Phi) is 19.7. The van der Waals surface area contributed by atoms with Crippen molar-refractivity contribution in [3.63, 3.8) is 0 Å². The average Bonchev–Trinajstić information content (AvgIpc) is 2.98. The number of nitrogens with one attached hydrogen (secondary N) is 7. The number of carboxylic acid groups (broad SMARTS) is 1. The van der Waals surface area contributed by atoms with Gasteiger partial charge in [0.15, 0.2) is 5.96 Å². The molecule has 0 saturated heterocycles. The monoisotopic (exact) mass is 642 g/mol. The molecule has 0 spiro atoms. The smallest absolute Gasteiger partial charge is 0.326 e. The fourth-order valence-corrected chi connectivity index (χ4v) is 4.20. The van der Waals surface area contributed by atoms with E-state index in [1.807, 2.05) is 6.92 Å². The topological polar surface area (TPSA) is 297 Å². The predicted molar refractivity (Wildman–Crippen MR) is 168 cm³/mol. The first-order valence-electron chi connectivity index (χ1n) is 15.3. The van der Waals surface area contributed by atoms with Crippen molar-refractivity contribution in [2.45, 2.75) is 103 Å². The number of hydrogen-bond acceptors (Lipinski definition) is 9. The van der Waals surface area contributed by atoms with E-state index in [0.717, 1.165) is 0 Å². The summed E-state index contributed by atoms with van der Waals surface area (Å²) in [5, 5.41) is 32.2. The summed E-state index contributed by atoms with van der Waals surface area (Å²) in [7, 11) is 0. The number of amides is 5. The zero-order valence-electron chi connectivity index (χ0n) is 27.0. The molecule has 17 nitrogen and oxygen atoms in total. The third kappa shape index (κ3) is 16.1. The van der Waals surface area contributed by atoms with Gasteiger partial charge < -0.3 is 54.2 Å². The van der Waals surface area contributed by atoms with E-state index in [2.05, 4.69) is 31.9 Å². The van der Waals surface area contributed by atoms with Crippen LogP contribution in [0, 0.1) is 17.2 Å². The van der Waals surface area contributed by atoms with Crippen molar-refractivity contribution in [2.24, 2.45) is 29.0 Å². The third-order valence-electron chi connectivity index (χ3n) is 7.18. The Morgan fingerprint density at radius 3 is 1.82 bits per heavy atom. The Labute approximate surface area is 264 Å².